The van der Waals surface area contributed by atoms with Gasteiger partial charge in [-0.3, -0.25) is 4.79 Å². The van der Waals surface area contributed by atoms with Gasteiger partial charge in [0.2, 0.25) is 5.78 Å². The lowest BCUT2D eigenvalue weighted by molar-refractivity contribution is -0.170. The molecule has 0 atom stereocenters. The van der Waals surface area contributed by atoms with Crippen LogP contribution >= 0.6 is 11.6 Å². The molecule has 0 aromatic heterocycles. The number of hydrogen-bond donors (Lipinski definition) is 1. The first-order valence-corrected chi connectivity index (χ1v) is 4.79. The van der Waals surface area contributed by atoms with E-state index >= 15 is 0 Å². The summed E-state index contributed by atoms with van der Waals surface area (Å²) < 4.78 is 40.9. The summed E-state index contributed by atoms with van der Waals surface area (Å²) in [6.07, 6.45) is -5.92. The second-order valence-electron chi connectivity index (χ2n) is 3.21. The van der Waals surface area contributed by atoms with Gasteiger partial charge in [-0.05, 0) is 6.07 Å². The molecular formula is C10H8ClF3O3. The number of aromatic hydroxyl groups is 1. The highest BCUT2D eigenvalue weighted by Gasteiger charge is 2.38. The van der Waals surface area contributed by atoms with Crippen molar-refractivity contribution in [2.45, 2.75) is 12.6 Å². The van der Waals surface area contributed by atoms with Crippen molar-refractivity contribution in [1.29, 1.82) is 0 Å². The highest BCUT2D eigenvalue weighted by Crippen LogP contribution is 2.34. The van der Waals surface area contributed by atoms with Crippen molar-refractivity contribution < 1.29 is 27.8 Å². The van der Waals surface area contributed by atoms with Crippen LogP contribution in [0.5, 0.6) is 11.5 Å². The summed E-state index contributed by atoms with van der Waals surface area (Å²) in [5.74, 6) is -2.56. The number of rotatable bonds is 3. The summed E-state index contributed by atoms with van der Waals surface area (Å²) >= 11 is 5.61. The van der Waals surface area contributed by atoms with Crippen LogP contribution in [0.3, 0.4) is 0 Å². The first-order valence-electron chi connectivity index (χ1n) is 4.41. The van der Waals surface area contributed by atoms with Gasteiger partial charge in [-0.1, -0.05) is 11.6 Å². The van der Waals surface area contributed by atoms with E-state index in [0.29, 0.717) is 0 Å². The monoisotopic (exact) mass is 268 g/mol. The molecule has 0 amide bonds. The summed E-state index contributed by atoms with van der Waals surface area (Å²) in [5, 5.41) is 9.60. The van der Waals surface area contributed by atoms with Crippen LogP contribution in [0, 0.1) is 0 Å². The minimum Gasteiger partial charge on any atom is -0.504 e. The maximum absolute atomic E-state index is 12.1. The molecule has 0 aliphatic heterocycles. The molecule has 1 N–H and O–H groups in total. The maximum Gasteiger partial charge on any atom is 0.450 e. The number of phenolic OH excluding ortho intramolecular Hbond substituents is 1. The molecule has 1 rings (SSSR count). The van der Waals surface area contributed by atoms with E-state index in [0.717, 1.165) is 6.07 Å². The van der Waals surface area contributed by atoms with Crippen LogP contribution in [0.2, 0.25) is 5.02 Å². The Bertz CT molecular complexity index is 443. The zero-order chi connectivity index (χ0) is 13.2. The van der Waals surface area contributed by atoms with Crippen molar-refractivity contribution in [2.24, 2.45) is 0 Å². The Morgan fingerprint density at radius 1 is 1.47 bits per heavy atom. The number of ketones is 1. The number of carbonyl (C=O) groups excluding carboxylic acids is 1. The van der Waals surface area contributed by atoms with Crippen molar-refractivity contribution in [1.82, 2.24) is 0 Å². The number of ether oxygens (including phenoxy) is 1. The highest BCUT2D eigenvalue weighted by atomic mass is 35.5. The molecule has 7 heteroatoms. The summed E-state index contributed by atoms with van der Waals surface area (Å²) in [6, 6.07) is 2.32. The van der Waals surface area contributed by atoms with Crippen molar-refractivity contribution >= 4 is 17.4 Å². The van der Waals surface area contributed by atoms with Crippen molar-refractivity contribution in [2.75, 3.05) is 7.11 Å². The molecule has 0 radical (unpaired) electrons. The third kappa shape index (κ3) is 3.26. The SMILES string of the molecule is COc1cc(Cl)cc(CC(=O)C(F)(F)F)c1O. The standard InChI is InChI=1S/C10H8ClF3O3/c1-17-7-4-6(11)2-5(9(7)16)3-8(15)10(12,13)14/h2,4,16H,3H2,1H3. The Balaban J connectivity index is 3.07. The molecule has 0 aliphatic rings. The Labute approximate surface area is 99.8 Å². The number of phenols is 1. The Morgan fingerprint density at radius 3 is 2.53 bits per heavy atom. The van der Waals surface area contributed by atoms with Gasteiger partial charge >= 0.3 is 6.18 Å². The van der Waals surface area contributed by atoms with Gasteiger partial charge in [0.1, 0.15) is 0 Å². The summed E-state index contributed by atoms with van der Waals surface area (Å²) in [5.41, 5.74) is -0.225. The number of benzene rings is 1. The van der Waals surface area contributed by atoms with Crippen molar-refractivity contribution in [3.8, 4) is 11.5 Å². The number of methoxy groups -OCH3 is 1. The molecule has 0 spiro atoms. The van der Waals surface area contributed by atoms with Crippen LogP contribution in [0.15, 0.2) is 12.1 Å². The Morgan fingerprint density at radius 2 is 2.06 bits per heavy atom. The molecule has 1 aromatic rings. The summed E-state index contributed by atoms with van der Waals surface area (Å²) in [7, 11) is 1.22. The lowest BCUT2D eigenvalue weighted by Gasteiger charge is -2.10. The number of alkyl halides is 3. The zero-order valence-corrected chi connectivity index (χ0v) is 9.39. The molecule has 0 fully saturated rings. The molecule has 1 aromatic carbocycles. The van der Waals surface area contributed by atoms with Gasteiger partial charge in [-0.2, -0.15) is 13.2 Å². The predicted octanol–water partition coefficient (Wildman–Crippen LogP) is 2.73. The van der Waals surface area contributed by atoms with Crippen molar-refractivity contribution in [3.63, 3.8) is 0 Å². The Kier molecular flexibility index (Phi) is 3.87. The van der Waals surface area contributed by atoms with E-state index in [4.69, 9.17) is 16.3 Å². The van der Waals surface area contributed by atoms with Crippen LogP contribution in [-0.2, 0) is 11.2 Å². The minimum absolute atomic E-state index is 0.0737. The first kappa shape index (κ1) is 13.6. The van der Waals surface area contributed by atoms with E-state index in [1.807, 2.05) is 0 Å². The quantitative estimate of drug-likeness (QED) is 0.917. The third-order valence-electron chi connectivity index (χ3n) is 2.01. The van der Waals surface area contributed by atoms with E-state index in [-0.39, 0.29) is 16.3 Å². The summed E-state index contributed by atoms with van der Waals surface area (Å²) in [6.45, 7) is 0. The first-order chi connectivity index (χ1) is 7.75. The number of hydrogen-bond acceptors (Lipinski definition) is 3. The van der Waals surface area contributed by atoms with Crippen LogP contribution in [0.25, 0.3) is 0 Å². The molecule has 0 saturated carbocycles. The maximum atomic E-state index is 12.1. The molecule has 0 saturated heterocycles. The van der Waals surface area contributed by atoms with E-state index in [1.165, 1.54) is 13.2 Å². The summed E-state index contributed by atoms with van der Waals surface area (Å²) in [4.78, 5) is 10.8. The van der Waals surface area contributed by atoms with Crippen LogP contribution < -0.4 is 4.74 Å². The van der Waals surface area contributed by atoms with Crippen LogP contribution in [-0.4, -0.2) is 24.2 Å². The van der Waals surface area contributed by atoms with Gasteiger partial charge in [0.15, 0.2) is 11.5 Å². The average molecular weight is 269 g/mol. The number of halogens is 4. The zero-order valence-electron chi connectivity index (χ0n) is 8.64. The van der Waals surface area contributed by atoms with Crippen molar-refractivity contribution in [3.05, 3.63) is 22.7 Å². The Hall–Kier alpha value is -1.43. The van der Waals surface area contributed by atoms with E-state index in [1.54, 1.807) is 0 Å². The van der Waals surface area contributed by atoms with E-state index in [2.05, 4.69) is 0 Å². The normalized spacial score (nSPS) is 11.4. The van der Waals surface area contributed by atoms with Gasteiger partial charge < -0.3 is 9.84 Å². The van der Waals surface area contributed by atoms with Gasteiger partial charge in [-0.25, -0.2) is 0 Å². The molecule has 94 valence electrons. The lowest BCUT2D eigenvalue weighted by Crippen LogP contribution is -2.24. The number of Topliss-reactive ketones (excluding diaryl/α,β-unsaturated/α-hetero) is 1. The molecule has 0 aliphatic carbocycles. The second kappa shape index (κ2) is 4.83. The topological polar surface area (TPSA) is 46.5 Å². The largest absolute Gasteiger partial charge is 0.504 e. The number of carbonyl (C=O) groups is 1. The molecule has 17 heavy (non-hydrogen) atoms. The second-order valence-corrected chi connectivity index (χ2v) is 3.65. The van der Waals surface area contributed by atoms with E-state index in [9.17, 15) is 23.1 Å². The average Bonchev–Trinajstić information content (AvgIpc) is 2.21. The molecule has 3 nitrogen and oxygen atoms in total. The van der Waals surface area contributed by atoms with Gasteiger partial charge in [0.25, 0.3) is 0 Å². The minimum atomic E-state index is -4.94. The van der Waals surface area contributed by atoms with Gasteiger partial charge in [-0.15, -0.1) is 0 Å². The molecule has 0 heterocycles. The van der Waals surface area contributed by atoms with Gasteiger partial charge in [0.05, 0.1) is 7.11 Å². The molecule has 0 bridgehead atoms. The third-order valence-corrected chi connectivity index (χ3v) is 2.22. The van der Waals surface area contributed by atoms with Crippen LogP contribution in [0.1, 0.15) is 5.56 Å². The molecule has 0 unspecified atom stereocenters. The van der Waals surface area contributed by atoms with Crippen LogP contribution in [0.4, 0.5) is 13.2 Å². The fourth-order valence-corrected chi connectivity index (χ4v) is 1.42. The smallest absolute Gasteiger partial charge is 0.450 e. The van der Waals surface area contributed by atoms with E-state index < -0.39 is 24.1 Å². The molecular weight excluding hydrogens is 261 g/mol. The lowest BCUT2D eigenvalue weighted by atomic mass is 10.1. The fraction of sp³-hybridized carbons (Fsp3) is 0.300. The predicted molar refractivity (Wildman–Crippen MR) is 54.4 cm³/mol. The highest BCUT2D eigenvalue weighted by molar-refractivity contribution is 6.30. The van der Waals surface area contributed by atoms with Gasteiger partial charge in [0, 0.05) is 23.1 Å². The fourth-order valence-electron chi connectivity index (χ4n) is 1.19.